The number of nitrogens with zero attached hydrogens (tertiary/aromatic N) is 1. The molecular weight excluding hydrogens is 328 g/mol. The summed E-state index contributed by atoms with van der Waals surface area (Å²) in [6.45, 7) is 1.65. The zero-order chi connectivity index (χ0) is 17.3. The molecule has 0 spiro atoms. The number of para-hydroxylation sites is 1. The molecule has 1 amide bonds. The largest absolute Gasteiger partial charge is 0.452 e. The van der Waals surface area contributed by atoms with Crippen LogP contribution < -0.4 is 10.6 Å². The smallest absolute Gasteiger partial charge is 0.338 e. The van der Waals surface area contributed by atoms with Crippen molar-refractivity contribution in [3.63, 3.8) is 0 Å². The van der Waals surface area contributed by atoms with Gasteiger partial charge in [-0.3, -0.25) is 4.79 Å². The lowest BCUT2D eigenvalue weighted by Crippen LogP contribution is -2.38. The van der Waals surface area contributed by atoms with E-state index in [-0.39, 0.29) is 24.1 Å². The number of ether oxygens (including phenoxy) is 1. The lowest BCUT2D eigenvalue weighted by atomic mass is 10.1. The normalized spacial score (nSPS) is 15.9. The predicted molar refractivity (Wildman–Crippen MR) is 93.2 cm³/mol. The molecule has 0 aromatic heterocycles. The van der Waals surface area contributed by atoms with Gasteiger partial charge in [0.2, 0.25) is 0 Å². The number of benzene rings is 2. The van der Waals surface area contributed by atoms with Crippen LogP contribution in [0.1, 0.15) is 22.8 Å². The van der Waals surface area contributed by atoms with Gasteiger partial charge in [0.15, 0.2) is 6.61 Å². The molecule has 2 aromatic carbocycles. The van der Waals surface area contributed by atoms with E-state index in [0.717, 1.165) is 17.7 Å². The van der Waals surface area contributed by atoms with E-state index in [0.29, 0.717) is 10.7 Å². The summed E-state index contributed by atoms with van der Waals surface area (Å²) in [7, 11) is 0. The van der Waals surface area contributed by atoms with Crippen molar-refractivity contribution in [2.75, 3.05) is 17.2 Å². The number of fused-ring (bicyclic) bond motifs is 1. The average Bonchev–Trinajstić information content (AvgIpc) is 2.90. The Bertz CT molecular complexity index is 807. The van der Waals surface area contributed by atoms with Crippen molar-refractivity contribution in [1.29, 1.82) is 0 Å². The van der Waals surface area contributed by atoms with Gasteiger partial charge in [-0.2, -0.15) is 0 Å². The van der Waals surface area contributed by atoms with Crippen molar-refractivity contribution in [2.45, 2.75) is 19.4 Å². The third kappa shape index (κ3) is 3.08. The average molecular weight is 345 g/mol. The van der Waals surface area contributed by atoms with Gasteiger partial charge >= 0.3 is 5.97 Å². The maximum atomic E-state index is 12.5. The maximum Gasteiger partial charge on any atom is 0.338 e. The van der Waals surface area contributed by atoms with Gasteiger partial charge in [0.25, 0.3) is 5.91 Å². The minimum atomic E-state index is -0.605. The topological polar surface area (TPSA) is 72.6 Å². The zero-order valence-corrected chi connectivity index (χ0v) is 13.9. The molecule has 0 bridgehead atoms. The predicted octanol–water partition coefficient (Wildman–Crippen LogP) is 3.06. The summed E-state index contributed by atoms with van der Waals surface area (Å²) in [5.74, 6) is -0.852. The van der Waals surface area contributed by atoms with Gasteiger partial charge < -0.3 is 15.4 Å². The Kier molecular flexibility index (Phi) is 4.44. The Balaban J connectivity index is 1.67. The number of carbonyl (C=O) groups is 2. The number of carbonyl (C=O) groups excluding carboxylic acids is 2. The molecule has 0 radical (unpaired) electrons. The molecule has 0 fully saturated rings. The molecule has 0 unspecified atom stereocenters. The van der Waals surface area contributed by atoms with Gasteiger partial charge in [0, 0.05) is 11.7 Å². The highest BCUT2D eigenvalue weighted by Crippen LogP contribution is 2.31. The molecule has 3 rings (SSSR count). The molecule has 1 aliphatic rings. The number of nitrogens with two attached hydrogens (primary N) is 1. The SMILES string of the molecule is C[C@@H]1Cc2ccccc2N1C(=O)COC(=O)c1ccc(Cl)c(N)c1. The van der Waals surface area contributed by atoms with E-state index < -0.39 is 5.97 Å². The molecule has 0 saturated heterocycles. The van der Waals surface area contributed by atoms with Crippen LogP contribution >= 0.6 is 11.6 Å². The minimum absolute atomic E-state index is 0.0415. The fourth-order valence-electron chi connectivity index (χ4n) is 2.90. The van der Waals surface area contributed by atoms with Gasteiger partial charge in [-0.15, -0.1) is 0 Å². The van der Waals surface area contributed by atoms with Crippen molar-refractivity contribution in [2.24, 2.45) is 0 Å². The molecule has 1 heterocycles. The van der Waals surface area contributed by atoms with Crippen LogP contribution in [0.5, 0.6) is 0 Å². The molecule has 1 aliphatic heterocycles. The molecule has 0 aliphatic carbocycles. The van der Waals surface area contributed by atoms with Gasteiger partial charge in [0.05, 0.1) is 16.3 Å². The van der Waals surface area contributed by atoms with Crippen molar-refractivity contribution < 1.29 is 14.3 Å². The van der Waals surface area contributed by atoms with Crippen molar-refractivity contribution in [1.82, 2.24) is 0 Å². The van der Waals surface area contributed by atoms with Gasteiger partial charge in [-0.25, -0.2) is 4.79 Å². The summed E-state index contributed by atoms with van der Waals surface area (Å²) in [4.78, 5) is 26.2. The third-order valence-electron chi connectivity index (χ3n) is 4.03. The first-order valence-corrected chi connectivity index (χ1v) is 7.97. The lowest BCUT2D eigenvalue weighted by Gasteiger charge is -2.22. The van der Waals surface area contributed by atoms with E-state index >= 15 is 0 Å². The summed E-state index contributed by atoms with van der Waals surface area (Å²) in [6.07, 6.45) is 0.795. The first-order chi connectivity index (χ1) is 11.5. The Hall–Kier alpha value is -2.53. The van der Waals surface area contributed by atoms with Crippen LogP contribution in [0.25, 0.3) is 0 Å². The molecule has 1 atom stereocenters. The number of hydrogen-bond donors (Lipinski definition) is 1. The summed E-state index contributed by atoms with van der Waals surface area (Å²) in [6, 6.07) is 12.3. The molecule has 0 saturated carbocycles. The standard InChI is InChI=1S/C18H17ClN2O3/c1-11-8-12-4-2-3-5-16(12)21(11)17(22)10-24-18(23)13-6-7-14(19)15(20)9-13/h2-7,9,11H,8,10,20H2,1H3/t11-/m1/s1. The second-order valence-electron chi connectivity index (χ2n) is 5.76. The fourth-order valence-corrected chi connectivity index (χ4v) is 3.01. The second kappa shape index (κ2) is 6.53. The van der Waals surface area contributed by atoms with Crippen molar-refractivity contribution >= 4 is 34.9 Å². The number of nitrogen functional groups attached to an aromatic ring is 1. The Morgan fingerprint density at radius 3 is 2.79 bits per heavy atom. The Morgan fingerprint density at radius 1 is 1.29 bits per heavy atom. The number of rotatable bonds is 3. The number of anilines is 2. The number of hydrogen-bond acceptors (Lipinski definition) is 4. The van der Waals surface area contributed by atoms with Crippen LogP contribution in [0.15, 0.2) is 42.5 Å². The number of halogens is 1. The van der Waals surface area contributed by atoms with Gasteiger partial charge in [0.1, 0.15) is 0 Å². The highest BCUT2D eigenvalue weighted by Gasteiger charge is 2.31. The van der Waals surface area contributed by atoms with Crippen LogP contribution in [0.4, 0.5) is 11.4 Å². The van der Waals surface area contributed by atoms with Crippen LogP contribution in [-0.4, -0.2) is 24.5 Å². The summed E-state index contributed by atoms with van der Waals surface area (Å²) in [5.41, 5.74) is 8.22. The van der Waals surface area contributed by atoms with E-state index in [4.69, 9.17) is 22.1 Å². The van der Waals surface area contributed by atoms with Crippen LogP contribution in [0.3, 0.4) is 0 Å². The molecule has 2 N–H and O–H groups in total. The fraction of sp³-hybridized carbons (Fsp3) is 0.222. The monoisotopic (exact) mass is 344 g/mol. The van der Waals surface area contributed by atoms with E-state index in [1.54, 1.807) is 4.90 Å². The van der Waals surface area contributed by atoms with E-state index in [1.807, 2.05) is 31.2 Å². The van der Waals surface area contributed by atoms with Crippen molar-refractivity contribution in [3.05, 3.63) is 58.6 Å². The minimum Gasteiger partial charge on any atom is -0.452 e. The summed E-state index contributed by atoms with van der Waals surface area (Å²) >= 11 is 5.82. The Morgan fingerprint density at radius 2 is 2.04 bits per heavy atom. The van der Waals surface area contributed by atoms with Gasteiger partial charge in [-0.05, 0) is 43.2 Å². The number of esters is 1. The van der Waals surface area contributed by atoms with Gasteiger partial charge in [-0.1, -0.05) is 29.8 Å². The molecule has 6 heteroatoms. The summed E-state index contributed by atoms with van der Waals surface area (Å²) < 4.78 is 5.13. The summed E-state index contributed by atoms with van der Waals surface area (Å²) in [5, 5.41) is 0.366. The van der Waals surface area contributed by atoms with Crippen LogP contribution in [-0.2, 0) is 16.0 Å². The highest BCUT2D eigenvalue weighted by atomic mass is 35.5. The van der Waals surface area contributed by atoms with E-state index in [1.165, 1.54) is 18.2 Å². The first-order valence-electron chi connectivity index (χ1n) is 7.59. The number of amides is 1. The first kappa shape index (κ1) is 16.3. The third-order valence-corrected chi connectivity index (χ3v) is 4.38. The molecule has 5 nitrogen and oxygen atoms in total. The molecule has 24 heavy (non-hydrogen) atoms. The lowest BCUT2D eigenvalue weighted by molar-refractivity contribution is -0.122. The van der Waals surface area contributed by atoms with Crippen molar-refractivity contribution in [3.8, 4) is 0 Å². The molecule has 124 valence electrons. The van der Waals surface area contributed by atoms with E-state index in [2.05, 4.69) is 0 Å². The second-order valence-corrected chi connectivity index (χ2v) is 6.17. The maximum absolute atomic E-state index is 12.5. The zero-order valence-electron chi connectivity index (χ0n) is 13.2. The molecule has 2 aromatic rings. The van der Waals surface area contributed by atoms with Crippen LogP contribution in [0.2, 0.25) is 5.02 Å². The Labute approximate surface area is 145 Å². The highest BCUT2D eigenvalue weighted by molar-refractivity contribution is 6.33. The molecular formula is C18H17ClN2O3. The van der Waals surface area contributed by atoms with Crippen LogP contribution in [0, 0.1) is 0 Å². The quantitative estimate of drug-likeness (QED) is 0.686. The van der Waals surface area contributed by atoms with E-state index in [9.17, 15) is 9.59 Å².